The largest absolute Gasteiger partial charge is 0.480 e. The summed E-state index contributed by atoms with van der Waals surface area (Å²) in [6, 6.07) is 8.66. The number of carboxylic acids is 1. The first-order chi connectivity index (χ1) is 10.5. The molecule has 1 amide bonds. The first-order valence-electron chi connectivity index (χ1n) is 8.09. The Hall–Kier alpha value is -1.84. The number of hydrogen-bond donors (Lipinski definition) is 1. The second kappa shape index (κ2) is 5.75. The fourth-order valence-electron chi connectivity index (χ4n) is 3.10. The molecule has 4 heteroatoms. The van der Waals surface area contributed by atoms with Crippen LogP contribution in [0.2, 0.25) is 0 Å². The molecule has 2 unspecified atom stereocenters. The third-order valence-corrected chi connectivity index (χ3v) is 4.72. The molecule has 0 aliphatic heterocycles. The summed E-state index contributed by atoms with van der Waals surface area (Å²) in [5.41, 5.74) is 2.51. The number of benzene rings is 1. The Labute approximate surface area is 131 Å². The van der Waals surface area contributed by atoms with Crippen molar-refractivity contribution in [3.8, 4) is 0 Å². The van der Waals surface area contributed by atoms with Crippen molar-refractivity contribution < 1.29 is 14.7 Å². The van der Waals surface area contributed by atoms with Crippen molar-refractivity contribution >= 4 is 11.9 Å². The van der Waals surface area contributed by atoms with Crippen molar-refractivity contribution in [3.05, 3.63) is 35.4 Å². The summed E-state index contributed by atoms with van der Waals surface area (Å²) in [5, 5.41) is 8.98. The molecular formula is C18H23NO3. The van der Waals surface area contributed by atoms with Crippen LogP contribution < -0.4 is 0 Å². The quantitative estimate of drug-likeness (QED) is 0.878. The van der Waals surface area contributed by atoms with E-state index in [1.807, 2.05) is 0 Å². The third-order valence-electron chi connectivity index (χ3n) is 4.72. The molecule has 118 valence electrons. The molecule has 2 fully saturated rings. The Kier molecular flexibility index (Phi) is 3.94. The minimum Gasteiger partial charge on any atom is -0.480 e. The molecule has 1 aromatic carbocycles. The maximum absolute atomic E-state index is 12.5. The monoisotopic (exact) mass is 301 g/mol. The Morgan fingerprint density at radius 1 is 1.23 bits per heavy atom. The van der Waals surface area contributed by atoms with Gasteiger partial charge in [0.1, 0.15) is 6.54 Å². The lowest BCUT2D eigenvalue weighted by Gasteiger charge is -2.20. The lowest BCUT2D eigenvalue weighted by atomic mass is 10.00. The Balaban J connectivity index is 1.65. The van der Waals surface area contributed by atoms with Gasteiger partial charge in [-0.25, -0.2) is 0 Å². The molecule has 0 aromatic heterocycles. The van der Waals surface area contributed by atoms with E-state index < -0.39 is 5.97 Å². The lowest BCUT2D eigenvalue weighted by Crippen LogP contribution is -2.38. The fraction of sp³-hybridized carbons (Fsp3) is 0.556. The van der Waals surface area contributed by atoms with Crippen molar-refractivity contribution in [2.75, 3.05) is 6.54 Å². The summed E-state index contributed by atoms with van der Waals surface area (Å²) >= 11 is 0. The molecule has 0 saturated heterocycles. The molecular weight excluding hydrogens is 278 g/mol. The summed E-state index contributed by atoms with van der Waals surface area (Å²) in [5.74, 6) is -0.137. The highest BCUT2D eigenvalue weighted by Gasteiger charge is 2.48. The summed E-state index contributed by atoms with van der Waals surface area (Å²) in [7, 11) is 0. The van der Waals surface area contributed by atoms with Crippen molar-refractivity contribution in [1.82, 2.24) is 4.90 Å². The van der Waals surface area contributed by atoms with Crippen molar-refractivity contribution in [1.29, 1.82) is 0 Å². The van der Waals surface area contributed by atoms with E-state index in [4.69, 9.17) is 5.11 Å². The maximum Gasteiger partial charge on any atom is 0.323 e. The number of hydrogen-bond acceptors (Lipinski definition) is 2. The van der Waals surface area contributed by atoms with Gasteiger partial charge in [0.2, 0.25) is 5.91 Å². The molecule has 4 nitrogen and oxygen atoms in total. The second-order valence-corrected chi connectivity index (χ2v) is 6.86. The van der Waals surface area contributed by atoms with Crippen LogP contribution >= 0.6 is 0 Å². The van der Waals surface area contributed by atoms with E-state index >= 15 is 0 Å². The molecule has 2 aliphatic rings. The number of amides is 1. The molecule has 0 heterocycles. The number of nitrogens with zero attached hydrogens (tertiary/aromatic N) is 1. The Morgan fingerprint density at radius 2 is 1.86 bits per heavy atom. The molecule has 2 aliphatic carbocycles. The van der Waals surface area contributed by atoms with Crippen LogP contribution in [0.15, 0.2) is 24.3 Å². The van der Waals surface area contributed by atoms with Crippen molar-refractivity contribution in [2.24, 2.45) is 5.92 Å². The Morgan fingerprint density at radius 3 is 2.36 bits per heavy atom. The summed E-state index contributed by atoms with van der Waals surface area (Å²) in [4.78, 5) is 25.1. The van der Waals surface area contributed by atoms with Gasteiger partial charge in [0.05, 0.1) is 0 Å². The number of carbonyl (C=O) groups is 2. The van der Waals surface area contributed by atoms with E-state index in [1.165, 1.54) is 11.1 Å². The van der Waals surface area contributed by atoms with Gasteiger partial charge in [-0.2, -0.15) is 0 Å². The summed E-state index contributed by atoms with van der Waals surface area (Å²) < 4.78 is 0. The predicted molar refractivity (Wildman–Crippen MR) is 83.7 cm³/mol. The van der Waals surface area contributed by atoms with E-state index in [9.17, 15) is 9.59 Å². The van der Waals surface area contributed by atoms with Gasteiger partial charge in [0.15, 0.2) is 0 Å². The van der Waals surface area contributed by atoms with E-state index in [2.05, 4.69) is 38.1 Å². The first kappa shape index (κ1) is 15.1. The number of carbonyl (C=O) groups excluding carboxylic acids is 1. The highest BCUT2D eigenvalue weighted by atomic mass is 16.4. The lowest BCUT2D eigenvalue weighted by molar-refractivity contribution is -0.145. The van der Waals surface area contributed by atoms with Crippen molar-refractivity contribution in [3.63, 3.8) is 0 Å². The van der Waals surface area contributed by atoms with Crippen LogP contribution in [0.4, 0.5) is 0 Å². The molecule has 22 heavy (non-hydrogen) atoms. The van der Waals surface area contributed by atoms with Gasteiger partial charge < -0.3 is 10.0 Å². The van der Waals surface area contributed by atoms with E-state index in [0.29, 0.717) is 5.92 Å². The van der Waals surface area contributed by atoms with Gasteiger partial charge >= 0.3 is 5.97 Å². The average Bonchev–Trinajstić information content (AvgIpc) is 3.37. The predicted octanol–water partition coefficient (Wildman–Crippen LogP) is 2.99. The van der Waals surface area contributed by atoms with Crippen LogP contribution in [-0.2, 0) is 9.59 Å². The van der Waals surface area contributed by atoms with E-state index in [1.54, 1.807) is 4.90 Å². The number of carboxylic acid groups (broad SMARTS) is 1. The van der Waals surface area contributed by atoms with Gasteiger partial charge in [-0.15, -0.1) is 0 Å². The minimum atomic E-state index is -0.918. The van der Waals surface area contributed by atoms with Crippen LogP contribution in [0.3, 0.4) is 0 Å². The maximum atomic E-state index is 12.5. The van der Waals surface area contributed by atoms with Crippen LogP contribution in [0.25, 0.3) is 0 Å². The molecule has 0 radical (unpaired) electrons. The summed E-state index contributed by atoms with van der Waals surface area (Å²) in [6.45, 7) is 4.18. The topological polar surface area (TPSA) is 57.6 Å². The van der Waals surface area contributed by atoms with Crippen LogP contribution in [-0.4, -0.2) is 34.5 Å². The van der Waals surface area contributed by atoms with Gasteiger partial charge in [0, 0.05) is 12.0 Å². The van der Waals surface area contributed by atoms with E-state index in [0.717, 1.165) is 19.3 Å². The zero-order valence-corrected chi connectivity index (χ0v) is 13.2. The molecule has 0 spiro atoms. The SMILES string of the molecule is CC(C)c1ccc(C2CC2C(=O)N(CC(=O)O)C2CC2)cc1. The van der Waals surface area contributed by atoms with E-state index in [-0.39, 0.29) is 30.3 Å². The van der Waals surface area contributed by atoms with Gasteiger partial charge in [-0.1, -0.05) is 38.1 Å². The fourth-order valence-corrected chi connectivity index (χ4v) is 3.10. The van der Waals surface area contributed by atoms with Crippen LogP contribution in [0, 0.1) is 5.92 Å². The Bertz CT molecular complexity index is 574. The highest BCUT2D eigenvalue weighted by molar-refractivity contribution is 5.86. The molecule has 1 aromatic rings. The number of aliphatic carboxylic acids is 1. The minimum absolute atomic E-state index is 0.0233. The second-order valence-electron chi connectivity index (χ2n) is 6.86. The smallest absolute Gasteiger partial charge is 0.323 e. The standard InChI is InChI=1S/C18H23NO3/c1-11(2)12-3-5-13(6-4-12)15-9-16(15)18(22)19(10-17(20)21)14-7-8-14/h3-6,11,14-16H,7-10H2,1-2H3,(H,20,21). The molecule has 2 saturated carbocycles. The highest BCUT2D eigenvalue weighted by Crippen LogP contribution is 2.49. The normalized spacial score (nSPS) is 23.4. The molecule has 3 rings (SSSR count). The van der Waals surface area contributed by atoms with Crippen LogP contribution in [0.5, 0.6) is 0 Å². The molecule has 0 bridgehead atoms. The first-order valence-corrected chi connectivity index (χ1v) is 8.09. The van der Waals surface area contributed by atoms with Crippen LogP contribution in [0.1, 0.15) is 56.1 Å². The molecule has 1 N–H and O–H groups in total. The van der Waals surface area contributed by atoms with Gasteiger partial charge in [-0.05, 0) is 42.2 Å². The zero-order chi connectivity index (χ0) is 15.9. The molecule has 2 atom stereocenters. The third kappa shape index (κ3) is 3.16. The van der Waals surface area contributed by atoms with Gasteiger partial charge in [0.25, 0.3) is 0 Å². The average molecular weight is 301 g/mol. The summed E-state index contributed by atoms with van der Waals surface area (Å²) in [6.07, 6.45) is 2.74. The van der Waals surface area contributed by atoms with Gasteiger partial charge in [-0.3, -0.25) is 9.59 Å². The number of rotatable bonds is 6. The van der Waals surface area contributed by atoms with Crippen molar-refractivity contribution in [2.45, 2.75) is 51.0 Å². The zero-order valence-electron chi connectivity index (χ0n) is 13.2.